The van der Waals surface area contributed by atoms with Crippen molar-refractivity contribution in [1.82, 2.24) is 0 Å². The highest BCUT2D eigenvalue weighted by Crippen LogP contribution is 2.48. The van der Waals surface area contributed by atoms with Gasteiger partial charge in [-0.05, 0) is 87.2 Å². The number of hydrogen-bond donors (Lipinski definition) is 0. The summed E-state index contributed by atoms with van der Waals surface area (Å²) in [5.74, 6) is 0.586. The van der Waals surface area contributed by atoms with Gasteiger partial charge in [-0.3, -0.25) is 0 Å². The zero-order valence-corrected chi connectivity index (χ0v) is 20.8. The molecule has 0 saturated carbocycles. The Morgan fingerprint density at radius 2 is 1.65 bits per heavy atom. The zero-order chi connectivity index (χ0) is 22.6. The van der Waals surface area contributed by atoms with E-state index < -0.39 is 0 Å². The Morgan fingerprint density at radius 1 is 0.935 bits per heavy atom. The molecule has 1 aliphatic rings. The molecule has 1 atom stereocenters. The van der Waals surface area contributed by atoms with Gasteiger partial charge in [0.05, 0.1) is 0 Å². The Labute approximate surface area is 193 Å². The first-order chi connectivity index (χ1) is 14.5. The van der Waals surface area contributed by atoms with Crippen molar-refractivity contribution in [2.24, 2.45) is 5.41 Å². The highest BCUT2D eigenvalue weighted by molar-refractivity contribution is 6.31. The van der Waals surface area contributed by atoms with E-state index in [1.165, 1.54) is 44.2 Å². The summed E-state index contributed by atoms with van der Waals surface area (Å²) in [6, 6.07) is 20.1. The average molecular weight is 431 g/mol. The van der Waals surface area contributed by atoms with Crippen LogP contribution in [0.4, 0.5) is 0 Å². The molecule has 0 heterocycles. The van der Waals surface area contributed by atoms with E-state index in [4.69, 9.17) is 11.6 Å². The van der Waals surface area contributed by atoms with Gasteiger partial charge in [-0.1, -0.05) is 101 Å². The summed E-state index contributed by atoms with van der Waals surface area (Å²) >= 11 is 6.37. The van der Waals surface area contributed by atoms with Gasteiger partial charge in [0, 0.05) is 5.02 Å². The van der Waals surface area contributed by atoms with Crippen LogP contribution in [0, 0.1) is 5.41 Å². The lowest BCUT2D eigenvalue weighted by atomic mass is 9.67. The summed E-state index contributed by atoms with van der Waals surface area (Å²) in [6.07, 6.45) is 2.15. The first kappa shape index (κ1) is 22.2. The van der Waals surface area contributed by atoms with Crippen molar-refractivity contribution < 1.29 is 0 Å². The summed E-state index contributed by atoms with van der Waals surface area (Å²) in [4.78, 5) is 0. The van der Waals surface area contributed by atoms with Gasteiger partial charge in [0.25, 0.3) is 0 Å². The van der Waals surface area contributed by atoms with Gasteiger partial charge in [-0.15, -0.1) is 0 Å². The SMILES string of the molecule is CC1=C(C(C)(C)Cc2cc(C(C)(C)C)cc3cc(Cl)ccc23)c2ccccc2C(C)C1. The molecule has 0 N–H and O–H groups in total. The standard InChI is InChI=1S/C30H35Cl/c1-19-14-20(2)28(27-11-9-8-10-25(19)27)30(6,7)18-22-16-23(29(3,4)5)15-21-17-24(31)12-13-26(21)22/h8-13,15-17,19H,14,18H2,1-7H3. The molecular weight excluding hydrogens is 396 g/mol. The Morgan fingerprint density at radius 3 is 2.35 bits per heavy atom. The predicted molar refractivity (Wildman–Crippen MR) is 137 cm³/mol. The molecule has 31 heavy (non-hydrogen) atoms. The molecule has 0 radical (unpaired) electrons. The fourth-order valence-corrected chi connectivity index (χ4v) is 5.74. The molecule has 1 heteroatoms. The molecule has 0 amide bonds. The lowest BCUT2D eigenvalue weighted by molar-refractivity contribution is 0.489. The van der Waals surface area contributed by atoms with E-state index in [0.29, 0.717) is 5.92 Å². The maximum Gasteiger partial charge on any atom is 0.0412 e. The van der Waals surface area contributed by atoms with Crippen LogP contribution in [0.15, 0.2) is 60.2 Å². The first-order valence-corrected chi connectivity index (χ1v) is 11.9. The van der Waals surface area contributed by atoms with Crippen LogP contribution in [0.2, 0.25) is 5.02 Å². The van der Waals surface area contributed by atoms with Crippen LogP contribution in [0.5, 0.6) is 0 Å². The smallest absolute Gasteiger partial charge is 0.0412 e. The van der Waals surface area contributed by atoms with Crippen LogP contribution in [-0.2, 0) is 11.8 Å². The minimum absolute atomic E-state index is 0.0312. The minimum atomic E-state index is 0.0312. The van der Waals surface area contributed by atoms with Crippen LogP contribution < -0.4 is 0 Å². The van der Waals surface area contributed by atoms with Gasteiger partial charge in [0.2, 0.25) is 0 Å². The van der Waals surface area contributed by atoms with Gasteiger partial charge in [0.15, 0.2) is 0 Å². The molecule has 0 aliphatic heterocycles. The maximum absolute atomic E-state index is 6.37. The van der Waals surface area contributed by atoms with E-state index >= 15 is 0 Å². The second-order valence-electron chi connectivity index (χ2n) is 11.2. The van der Waals surface area contributed by atoms with Crippen LogP contribution in [0.1, 0.15) is 83.1 Å². The number of halogens is 1. The number of hydrogen-bond acceptors (Lipinski definition) is 0. The molecule has 4 rings (SSSR count). The molecule has 3 aromatic rings. The molecule has 3 aromatic carbocycles. The van der Waals surface area contributed by atoms with E-state index in [2.05, 4.69) is 97.0 Å². The normalized spacial score (nSPS) is 17.2. The van der Waals surface area contributed by atoms with Crippen molar-refractivity contribution in [3.8, 4) is 0 Å². The van der Waals surface area contributed by atoms with Crippen LogP contribution in [-0.4, -0.2) is 0 Å². The molecule has 0 fully saturated rings. The summed E-state index contributed by atoms with van der Waals surface area (Å²) < 4.78 is 0. The van der Waals surface area contributed by atoms with Crippen molar-refractivity contribution in [1.29, 1.82) is 0 Å². The Kier molecular flexibility index (Phi) is 5.59. The topological polar surface area (TPSA) is 0 Å². The van der Waals surface area contributed by atoms with Crippen molar-refractivity contribution in [3.05, 3.63) is 87.4 Å². The van der Waals surface area contributed by atoms with Crippen molar-refractivity contribution in [2.75, 3.05) is 0 Å². The van der Waals surface area contributed by atoms with Crippen LogP contribution in [0.25, 0.3) is 16.3 Å². The Balaban J connectivity index is 1.86. The molecule has 0 nitrogen and oxygen atoms in total. The van der Waals surface area contributed by atoms with Crippen molar-refractivity contribution in [3.63, 3.8) is 0 Å². The third-order valence-corrected chi connectivity index (χ3v) is 7.21. The lowest BCUT2D eigenvalue weighted by Crippen LogP contribution is -2.23. The Hall–Kier alpha value is -2.05. The molecule has 1 unspecified atom stereocenters. The number of rotatable bonds is 3. The second kappa shape index (κ2) is 7.82. The van der Waals surface area contributed by atoms with Gasteiger partial charge in [-0.25, -0.2) is 0 Å². The fourth-order valence-electron chi connectivity index (χ4n) is 5.56. The summed E-state index contributed by atoms with van der Waals surface area (Å²) in [5.41, 5.74) is 8.93. The zero-order valence-electron chi connectivity index (χ0n) is 20.1. The number of benzene rings is 3. The quantitative estimate of drug-likeness (QED) is 0.388. The van der Waals surface area contributed by atoms with E-state index in [0.717, 1.165) is 17.9 Å². The summed E-state index contributed by atoms with van der Waals surface area (Å²) in [5, 5.41) is 3.37. The first-order valence-electron chi connectivity index (χ1n) is 11.5. The molecular formula is C30H35Cl. The molecule has 1 aliphatic carbocycles. The molecule has 0 saturated heterocycles. The number of allylic oxidation sites excluding steroid dienone is 2. The van der Waals surface area contributed by atoms with Gasteiger partial charge in [0.1, 0.15) is 0 Å². The monoisotopic (exact) mass is 430 g/mol. The number of fused-ring (bicyclic) bond motifs is 2. The lowest BCUT2D eigenvalue weighted by Gasteiger charge is -2.37. The van der Waals surface area contributed by atoms with Crippen molar-refractivity contribution >= 4 is 27.9 Å². The molecule has 0 bridgehead atoms. The summed E-state index contributed by atoms with van der Waals surface area (Å²) in [6.45, 7) is 16.4. The minimum Gasteiger partial charge on any atom is -0.0843 e. The molecule has 0 spiro atoms. The predicted octanol–water partition coefficient (Wildman–Crippen LogP) is 9.34. The average Bonchev–Trinajstić information content (AvgIpc) is 2.66. The molecule has 0 aromatic heterocycles. The highest BCUT2D eigenvalue weighted by atomic mass is 35.5. The van der Waals surface area contributed by atoms with Crippen LogP contribution in [0.3, 0.4) is 0 Å². The maximum atomic E-state index is 6.37. The van der Waals surface area contributed by atoms with Gasteiger partial charge >= 0.3 is 0 Å². The second-order valence-corrected chi connectivity index (χ2v) is 11.6. The van der Waals surface area contributed by atoms with Crippen LogP contribution >= 0.6 is 11.6 Å². The van der Waals surface area contributed by atoms with Gasteiger partial charge < -0.3 is 0 Å². The van der Waals surface area contributed by atoms with E-state index in [9.17, 15) is 0 Å². The third-order valence-electron chi connectivity index (χ3n) is 6.98. The summed E-state index contributed by atoms with van der Waals surface area (Å²) in [7, 11) is 0. The van der Waals surface area contributed by atoms with E-state index in [-0.39, 0.29) is 10.8 Å². The van der Waals surface area contributed by atoms with E-state index in [1.807, 2.05) is 6.07 Å². The third kappa shape index (κ3) is 4.20. The fraction of sp³-hybridized carbons (Fsp3) is 0.400. The van der Waals surface area contributed by atoms with Crippen molar-refractivity contribution in [2.45, 2.75) is 72.6 Å². The molecule has 162 valence electrons. The van der Waals surface area contributed by atoms with Gasteiger partial charge in [-0.2, -0.15) is 0 Å². The largest absolute Gasteiger partial charge is 0.0843 e. The van der Waals surface area contributed by atoms with E-state index in [1.54, 1.807) is 0 Å². The Bertz CT molecular complexity index is 1170. The highest BCUT2D eigenvalue weighted by Gasteiger charge is 2.33.